The van der Waals surface area contributed by atoms with Gasteiger partial charge >= 0.3 is 0 Å². The lowest BCUT2D eigenvalue weighted by Gasteiger charge is -2.38. The minimum Gasteiger partial charge on any atom is -0.489 e. The summed E-state index contributed by atoms with van der Waals surface area (Å²) in [5.74, 6) is 1.59. The van der Waals surface area contributed by atoms with Crippen LogP contribution in [0.15, 0.2) is 12.1 Å². The largest absolute Gasteiger partial charge is 0.489 e. The molecule has 5 nitrogen and oxygen atoms in total. The Morgan fingerprint density at radius 3 is 2.55 bits per heavy atom. The van der Waals surface area contributed by atoms with Gasteiger partial charge in [0, 0.05) is 49.9 Å². The molecule has 1 amide bonds. The number of rotatable bonds is 7. The highest BCUT2D eigenvalue weighted by Crippen LogP contribution is 2.39. The lowest BCUT2D eigenvalue weighted by molar-refractivity contribution is -0.138. The van der Waals surface area contributed by atoms with Crippen LogP contribution in [0.25, 0.3) is 0 Å². The van der Waals surface area contributed by atoms with Crippen LogP contribution in [0.3, 0.4) is 0 Å². The van der Waals surface area contributed by atoms with Gasteiger partial charge in [-0.25, -0.2) is 0 Å². The number of carbonyl (C=O) groups is 1. The van der Waals surface area contributed by atoms with Crippen molar-refractivity contribution in [3.05, 3.63) is 27.7 Å². The lowest BCUT2D eigenvalue weighted by Crippen LogP contribution is -2.44. The number of carbonyl (C=O) groups excluding carboxylic acids is 1. The van der Waals surface area contributed by atoms with Crippen LogP contribution in [0.1, 0.15) is 44.1 Å². The van der Waals surface area contributed by atoms with Gasteiger partial charge < -0.3 is 14.4 Å². The number of hydrogen-bond donors (Lipinski definition) is 0. The molecule has 1 aromatic rings. The standard InChI is InChI=1S/C23H32Cl2N2O3.ClH/c1-26(23(28)17-6-10-29-11-7-17)14-16-12-18(13-16)30-21-5-4-20(24)19(22(21)25)15-27-8-2-3-9-27;/h4-5,16-18H,2-3,6-15H2,1H3;1H. The fourth-order valence-electron chi connectivity index (χ4n) is 4.81. The fourth-order valence-corrected chi connectivity index (χ4v) is 5.34. The molecule has 2 heterocycles. The Morgan fingerprint density at radius 2 is 1.87 bits per heavy atom. The van der Waals surface area contributed by atoms with Gasteiger partial charge in [0.1, 0.15) is 5.75 Å². The molecule has 0 N–H and O–H groups in total. The summed E-state index contributed by atoms with van der Waals surface area (Å²) in [6.07, 6.45) is 6.21. The van der Waals surface area contributed by atoms with Crippen LogP contribution in [0.5, 0.6) is 5.75 Å². The molecule has 31 heavy (non-hydrogen) atoms. The van der Waals surface area contributed by atoms with Crippen LogP contribution >= 0.6 is 35.6 Å². The topological polar surface area (TPSA) is 42.0 Å². The van der Waals surface area contributed by atoms with E-state index in [1.54, 1.807) is 0 Å². The molecule has 8 heteroatoms. The molecular weight excluding hydrogens is 459 g/mol. The van der Waals surface area contributed by atoms with Gasteiger partial charge in [-0.1, -0.05) is 23.2 Å². The van der Waals surface area contributed by atoms with E-state index in [-0.39, 0.29) is 30.3 Å². The molecule has 1 aliphatic carbocycles. The Morgan fingerprint density at radius 1 is 1.19 bits per heavy atom. The minimum atomic E-state index is 0. The van der Waals surface area contributed by atoms with E-state index in [0.29, 0.717) is 29.2 Å². The zero-order chi connectivity index (χ0) is 21.1. The van der Waals surface area contributed by atoms with E-state index in [4.69, 9.17) is 32.7 Å². The van der Waals surface area contributed by atoms with Crippen molar-refractivity contribution in [1.82, 2.24) is 9.80 Å². The van der Waals surface area contributed by atoms with Gasteiger partial charge in [-0.3, -0.25) is 9.69 Å². The first-order valence-corrected chi connectivity index (χ1v) is 12.0. The molecule has 1 aromatic carbocycles. The Labute approximate surface area is 201 Å². The Balaban J connectivity index is 0.00000272. The summed E-state index contributed by atoms with van der Waals surface area (Å²) in [6, 6.07) is 3.77. The zero-order valence-electron chi connectivity index (χ0n) is 18.2. The van der Waals surface area contributed by atoms with Crippen LogP contribution in [0.2, 0.25) is 10.0 Å². The van der Waals surface area contributed by atoms with Crippen molar-refractivity contribution in [2.45, 2.75) is 51.2 Å². The number of likely N-dealkylation sites (tertiary alicyclic amines) is 1. The molecule has 4 rings (SSSR count). The number of nitrogens with zero attached hydrogens (tertiary/aromatic N) is 2. The number of benzene rings is 1. The molecule has 3 fully saturated rings. The van der Waals surface area contributed by atoms with Crippen LogP contribution in [0, 0.1) is 11.8 Å². The molecule has 2 aliphatic heterocycles. The second kappa shape index (κ2) is 11.4. The normalized spacial score (nSPS) is 24.4. The second-order valence-electron chi connectivity index (χ2n) is 9.00. The second-order valence-corrected chi connectivity index (χ2v) is 9.79. The van der Waals surface area contributed by atoms with Crippen LogP contribution < -0.4 is 4.74 Å². The van der Waals surface area contributed by atoms with Gasteiger partial charge in [-0.05, 0) is 69.7 Å². The summed E-state index contributed by atoms with van der Waals surface area (Å²) in [4.78, 5) is 16.9. The van der Waals surface area contributed by atoms with Crippen LogP contribution in [-0.2, 0) is 16.1 Å². The Hall–Kier alpha value is -0.720. The highest BCUT2D eigenvalue weighted by atomic mass is 35.5. The highest BCUT2D eigenvalue weighted by Gasteiger charge is 2.34. The third kappa shape index (κ3) is 6.20. The van der Waals surface area contributed by atoms with Crippen molar-refractivity contribution in [3.63, 3.8) is 0 Å². The third-order valence-electron chi connectivity index (χ3n) is 6.70. The summed E-state index contributed by atoms with van der Waals surface area (Å²) in [7, 11) is 1.92. The van der Waals surface area contributed by atoms with Gasteiger partial charge in [0.05, 0.1) is 11.1 Å². The van der Waals surface area contributed by atoms with Crippen molar-refractivity contribution in [3.8, 4) is 5.75 Å². The predicted molar refractivity (Wildman–Crippen MR) is 127 cm³/mol. The van der Waals surface area contributed by atoms with Crippen molar-refractivity contribution in [2.24, 2.45) is 11.8 Å². The Bertz CT molecular complexity index is 746. The van der Waals surface area contributed by atoms with E-state index < -0.39 is 0 Å². The molecule has 0 spiro atoms. The molecule has 2 saturated heterocycles. The average Bonchev–Trinajstić information content (AvgIpc) is 3.24. The molecule has 0 bridgehead atoms. The first-order valence-electron chi connectivity index (χ1n) is 11.2. The van der Waals surface area contributed by atoms with E-state index in [2.05, 4.69) is 4.90 Å². The smallest absolute Gasteiger partial charge is 0.225 e. The van der Waals surface area contributed by atoms with Gasteiger partial charge in [-0.2, -0.15) is 0 Å². The average molecular weight is 492 g/mol. The minimum absolute atomic E-state index is 0. The maximum absolute atomic E-state index is 12.6. The fraction of sp³-hybridized carbons (Fsp3) is 0.696. The maximum Gasteiger partial charge on any atom is 0.225 e. The zero-order valence-corrected chi connectivity index (χ0v) is 20.5. The van der Waals surface area contributed by atoms with E-state index in [1.807, 2.05) is 24.1 Å². The summed E-state index contributed by atoms with van der Waals surface area (Å²) in [5, 5.41) is 1.35. The molecule has 3 aliphatic rings. The predicted octanol–water partition coefficient (Wildman–Crippen LogP) is 5.05. The Kier molecular flexibility index (Phi) is 9.18. The van der Waals surface area contributed by atoms with E-state index >= 15 is 0 Å². The first-order chi connectivity index (χ1) is 14.5. The molecule has 0 aromatic heterocycles. The maximum atomic E-state index is 12.6. The monoisotopic (exact) mass is 490 g/mol. The van der Waals surface area contributed by atoms with Crippen molar-refractivity contribution < 1.29 is 14.3 Å². The number of halogens is 3. The molecule has 174 valence electrons. The molecule has 0 atom stereocenters. The number of amides is 1. The quantitative estimate of drug-likeness (QED) is 0.535. The summed E-state index contributed by atoms with van der Waals surface area (Å²) >= 11 is 13.1. The lowest BCUT2D eigenvalue weighted by atomic mass is 9.81. The highest BCUT2D eigenvalue weighted by molar-refractivity contribution is 6.36. The number of hydrogen-bond acceptors (Lipinski definition) is 4. The van der Waals surface area contributed by atoms with Crippen LogP contribution in [-0.4, -0.2) is 61.7 Å². The molecule has 0 radical (unpaired) electrons. The van der Waals surface area contributed by atoms with E-state index in [1.165, 1.54) is 12.8 Å². The van der Waals surface area contributed by atoms with Gasteiger partial charge in [0.2, 0.25) is 5.91 Å². The molecule has 0 unspecified atom stereocenters. The van der Waals surface area contributed by atoms with Gasteiger partial charge in [0.15, 0.2) is 0 Å². The van der Waals surface area contributed by atoms with Gasteiger partial charge in [0.25, 0.3) is 0 Å². The van der Waals surface area contributed by atoms with Crippen molar-refractivity contribution >= 4 is 41.5 Å². The van der Waals surface area contributed by atoms with E-state index in [9.17, 15) is 4.79 Å². The molecular formula is C23H33Cl3N2O3. The SMILES string of the molecule is CN(CC1CC(Oc2ccc(Cl)c(CN3CCCC3)c2Cl)C1)C(=O)C1CCOCC1.Cl. The van der Waals surface area contributed by atoms with E-state index in [0.717, 1.165) is 63.2 Å². The summed E-state index contributed by atoms with van der Waals surface area (Å²) in [5.41, 5.74) is 0.968. The number of ether oxygens (including phenoxy) is 2. The van der Waals surface area contributed by atoms with Crippen LogP contribution in [0.4, 0.5) is 0 Å². The van der Waals surface area contributed by atoms with Gasteiger partial charge in [-0.15, -0.1) is 12.4 Å². The summed E-state index contributed by atoms with van der Waals surface area (Å²) < 4.78 is 11.6. The van der Waals surface area contributed by atoms with Crippen molar-refractivity contribution in [1.29, 1.82) is 0 Å². The van der Waals surface area contributed by atoms with Crippen molar-refractivity contribution in [2.75, 3.05) is 39.9 Å². The summed E-state index contributed by atoms with van der Waals surface area (Å²) in [6.45, 7) is 5.17. The molecule has 1 saturated carbocycles. The first kappa shape index (κ1) is 24.9. The third-order valence-corrected chi connectivity index (χ3v) is 7.46.